The minimum Gasteiger partial charge on any atom is -0.544 e. The first-order chi connectivity index (χ1) is 15.6. The van der Waals surface area contributed by atoms with Crippen LogP contribution in [-0.2, 0) is 18.6 Å². The van der Waals surface area contributed by atoms with Crippen LogP contribution >= 0.6 is 0 Å². The summed E-state index contributed by atoms with van der Waals surface area (Å²) in [6.07, 6.45) is 0. The number of hydrogen-bond donors (Lipinski definition) is 0. The Labute approximate surface area is 216 Å². The predicted molar refractivity (Wildman–Crippen MR) is 149 cm³/mol. The molecule has 0 spiro atoms. The SMILES string of the molecule is C[C@@H](c1ccc(O[Si](C)(C)C(C)(C)C)cc1)C(B1OC(C)(C)C(C)(C)O1)B1OC(C)(C)C(C)(C)O1. The second-order valence-electron chi connectivity index (χ2n) is 14.0. The van der Waals surface area contributed by atoms with Crippen LogP contribution in [0.5, 0.6) is 5.75 Å². The van der Waals surface area contributed by atoms with Crippen LogP contribution in [0.4, 0.5) is 0 Å². The Kier molecular flexibility index (Phi) is 7.32. The normalized spacial score (nSPS) is 24.2. The zero-order chi connectivity index (χ0) is 26.8. The van der Waals surface area contributed by atoms with Crippen molar-refractivity contribution in [1.82, 2.24) is 0 Å². The van der Waals surface area contributed by atoms with Crippen LogP contribution in [0.3, 0.4) is 0 Å². The molecule has 8 heteroatoms. The zero-order valence-corrected chi connectivity index (χ0v) is 25.7. The average molecular weight is 502 g/mol. The van der Waals surface area contributed by atoms with Gasteiger partial charge in [-0.05, 0) is 97.1 Å². The molecule has 0 saturated carbocycles. The van der Waals surface area contributed by atoms with Gasteiger partial charge in [0.25, 0.3) is 0 Å². The third-order valence-electron chi connectivity index (χ3n) is 9.33. The Morgan fingerprint density at radius 2 is 1.06 bits per heavy atom. The lowest BCUT2D eigenvalue weighted by molar-refractivity contribution is 0.00578. The largest absolute Gasteiger partial charge is 0.544 e. The lowest BCUT2D eigenvalue weighted by atomic mass is 9.46. The topological polar surface area (TPSA) is 46.2 Å². The molecule has 5 nitrogen and oxygen atoms in total. The maximum Gasteiger partial charge on any atom is 0.459 e. The molecule has 0 bridgehead atoms. The second-order valence-corrected chi connectivity index (χ2v) is 18.8. The smallest absolute Gasteiger partial charge is 0.459 e. The van der Waals surface area contributed by atoms with Gasteiger partial charge in [-0.1, -0.05) is 39.8 Å². The molecule has 196 valence electrons. The van der Waals surface area contributed by atoms with Crippen molar-refractivity contribution >= 4 is 22.6 Å². The predicted octanol–water partition coefficient (Wildman–Crippen LogP) is 7.27. The van der Waals surface area contributed by atoms with E-state index in [1.54, 1.807) is 0 Å². The van der Waals surface area contributed by atoms with Gasteiger partial charge in [0.15, 0.2) is 0 Å². The van der Waals surface area contributed by atoms with Gasteiger partial charge in [-0.15, -0.1) is 0 Å². The quantitative estimate of drug-likeness (QED) is 0.383. The molecule has 0 unspecified atom stereocenters. The minimum atomic E-state index is -1.90. The Morgan fingerprint density at radius 3 is 1.37 bits per heavy atom. The molecule has 0 aliphatic carbocycles. The summed E-state index contributed by atoms with van der Waals surface area (Å²) in [6, 6.07) is 8.52. The van der Waals surface area contributed by atoms with Crippen molar-refractivity contribution in [2.24, 2.45) is 0 Å². The van der Waals surface area contributed by atoms with E-state index in [2.05, 4.69) is 120 Å². The van der Waals surface area contributed by atoms with Crippen molar-refractivity contribution in [3.63, 3.8) is 0 Å². The van der Waals surface area contributed by atoms with Crippen molar-refractivity contribution in [3.8, 4) is 5.75 Å². The molecule has 1 aromatic carbocycles. The first-order valence-electron chi connectivity index (χ1n) is 13.1. The van der Waals surface area contributed by atoms with Crippen LogP contribution in [0.2, 0.25) is 23.8 Å². The Morgan fingerprint density at radius 1 is 0.714 bits per heavy atom. The summed E-state index contributed by atoms with van der Waals surface area (Å²) in [5.41, 5.74) is -0.688. The lowest BCUT2D eigenvalue weighted by Gasteiger charge is -2.36. The molecule has 2 fully saturated rings. The molecule has 2 heterocycles. The number of rotatable bonds is 6. The molecule has 0 aromatic heterocycles. The highest BCUT2D eigenvalue weighted by Crippen LogP contribution is 2.49. The van der Waals surface area contributed by atoms with E-state index in [9.17, 15) is 0 Å². The minimum absolute atomic E-state index is 0.0707. The molecule has 1 aromatic rings. The average Bonchev–Trinajstić information content (AvgIpc) is 3.00. The van der Waals surface area contributed by atoms with Gasteiger partial charge in [-0.2, -0.15) is 0 Å². The summed E-state index contributed by atoms with van der Waals surface area (Å²) < 4.78 is 32.7. The summed E-state index contributed by atoms with van der Waals surface area (Å²) in [6.45, 7) is 30.3. The van der Waals surface area contributed by atoms with E-state index in [4.69, 9.17) is 23.0 Å². The molecule has 3 rings (SSSR count). The summed E-state index contributed by atoms with van der Waals surface area (Å²) in [7, 11) is -2.80. The molecule has 2 saturated heterocycles. The molecule has 2 aliphatic rings. The van der Waals surface area contributed by atoms with Crippen molar-refractivity contribution in [2.75, 3.05) is 0 Å². The van der Waals surface area contributed by atoms with E-state index in [1.807, 2.05) is 0 Å². The van der Waals surface area contributed by atoms with E-state index in [0.717, 1.165) is 5.75 Å². The molecular formula is C27H48B2O5Si. The molecule has 2 aliphatic heterocycles. The maximum atomic E-state index is 6.54. The van der Waals surface area contributed by atoms with Gasteiger partial charge in [-0.3, -0.25) is 0 Å². The van der Waals surface area contributed by atoms with Gasteiger partial charge in [0.05, 0.1) is 22.4 Å². The molecule has 0 amide bonds. The molecule has 0 N–H and O–H groups in total. The fourth-order valence-corrected chi connectivity index (χ4v) is 5.23. The highest BCUT2D eigenvalue weighted by molar-refractivity contribution is 6.74. The van der Waals surface area contributed by atoms with E-state index in [0.29, 0.717) is 0 Å². The van der Waals surface area contributed by atoms with Crippen LogP contribution in [0, 0.1) is 0 Å². The Bertz CT molecular complexity index is 837. The lowest BCUT2D eigenvalue weighted by Crippen LogP contribution is -2.43. The number of benzene rings is 1. The van der Waals surface area contributed by atoms with Gasteiger partial charge in [0, 0.05) is 5.72 Å². The van der Waals surface area contributed by atoms with E-state index < -0.39 is 45.0 Å². The molecule has 0 radical (unpaired) electrons. The van der Waals surface area contributed by atoms with Crippen LogP contribution < -0.4 is 4.43 Å². The Hall–Kier alpha value is -0.793. The highest BCUT2D eigenvalue weighted by atomic mass is 28.4. The van der Waals surface area contributed by atoms with E-state index in [1.165, 1.54) is 5.56 Å². The van der Waals surface area contributed by atoms with Crippen LogP contribution in [-0.4, -0.2) is 45.0 Å². The fourth-order valence-electron chi connectivity index (χ4n) is 4.20. The van der Waals surface area contributed by atoms with Gasteiger partial charge < -0.3 is 23.0 Å². The summed E-state index contributed by atoms with van der Waals surface area (Å²) in [5.74, 6) is 0.997. The first kappa shape index (κ1) is 28.8. The standard InChI is InChI=1S/C27H48B2O5Si/c1-19(20-15-17-21(18-16-20)30-35(13,14)23(2,3)4)22(28-31-24(5,6)25(7,8)32-28)29-33-26(9,10)27(11,12)34-29/h15-19,22H,1-14H3/t19-/m0/s1. The zero-order valence-electron chi connectivity index (χ0n) is 24.7. The monoisotopic (exact) mass is 502 g/mol. The third kappa shape index (κ3) is 5.43. The fraction of sp³-hybridized carbons (Fsp3) is 0.778. The van der Waals surface area contributed by atoms with Crippen LogP contribution in [0.25, 0.3) is 0 Å². The van der Waals surface area contributed by atoms with Crippen molar-refractivity contribution < 1.29 is 23.0 Å². The van der Waals surface area contributed by atoms with Crippen molar-refractivity contribution in [1.29, 1.82) is 0 Å². The maximum absolute atomic E-state index is 6.54. The highest BCUT2D eigenvalue weighted by Gasteiger charge is 2.63. The van der Waals surface area contributed by atoms with Crippen LogP contribution in [0.1, 0.15) is 94.6 Å². The summed E-state index contributed by atoms with van der Waals surface area (Å²) >= 11 is 0. The molecule has 1 atom stereocenters. The number of hydrogen-bond acceptors (Lipinski definition) is 5. The molecule has 35 heavy (non-hydrogen) atoms. The summed E-state index contributed by atoms with van der Waals surface area (Å²) in [5, 5.41) is 0.150. The third-order valence-corrected chi connectivity index (χ3v) is 13.7. The first-order valence-corrected chi connectivity index (χ1v) is 16.0. The van der Waals surface area contributed by atoms with E-state index in [-0.39, 0.29) is 16.7 Å². The van der Waals surface area contributed by atoms with Crippen molar-refractivity contribution in [2.45, 2.75) is 135 Å². The van der Waals surface area contributed by atoms with Crippen molar-refractivity contribution in [3.05, 3.63) is 29.8 Å². The van der Waals surface area contributed by atoms with Gasteiger partial charge >= 0.3 is 14.2 Å². The van der Waals surface area contributed by atoms with E-state index >= 15 is 0 Å². The Balaban J connectivity index is 1.91. The summed E-state index contributed by atoms with van der Waals surface area (Å²) in [4.78, 5) is 0. The van der Waals surface area contributed by atoms with Crippen LogP contribution in [0.15, 0.2) is 24.3 Å². The van der Waals surface area contributed by atoms with Gasteiger partial charge in [0.2, 0.25) is 8.32 Å². The van der Waals surface area contributed by atoms with Gasteiger partial charge in [-0.25, -0.2) is 0 Å². The van der Waals surface area contributed by atoms with Gasteiger partial charge in [0.1, 0.15) is 5.75 Å². The second kappa shape index (κ2) is 8.90. The molecular weight excluding hydrogens is 454 g/mol.